The van der Waals surface area contributed by atoms with Crippen molar-refractivity contribution in [3.8, 4) is 5.75 Å². The quantitative estimate of drug-likeness (QED) is 0.863. The van der Waals surface area contributed by atoms with Crippen molar-refractivity contribution in [2.45, 2.75) is 26.3 Å². The Kier molecular flexibility index (Phi) is 5.12. The smallest absolute Gasteiger partial charge is 0.230 e. The van der Waals surface area contributed by atoms with E-state index in [9.17, 15) is 9.59 Å². The molecule has 0 aliphatic carbocycles. The second-order valence-corrected chi connectivity index (χ2v) is 6.20. The van der Waals surface area contributed by atoms with Gasteiger partial charge in [0, 0.05) is 12.0 Å². The third-order valence-electron chi connectivity index (χ3n) is 3.29. The number of nitrogens with one attached hydrogen (secondary N) is 1. The number of nitrogens with two attached hydrogens (primary N) is 1. The van der Waals surface area contributed by atoms with Gasteiger partial charge in [-0.05, 0) is 19.4 Å². The highest BCUT2D eigenvalue weighted by molar-refractivity contribution is 8.00. The Hall–Kier alpha value is -1.69. The minimum absolute atomic E-state index is 0.0333. The first kappa shape index (κ1) is 15.7. The molecule has 0 spiro atoms. The SMILES string of the molecule is Cc1cc(C)c2c(c1)[C@H](NC(=O)CSCC(N)=O)CCO2. The fraction of sp³-hybridized carbons (Fsp3) is 0.467. The van der Waals surface area contributed by atoms with Crippen LogP contribution in [-0.4, -0.2) is 29.9 Å². The van der Waals surface area contributed by atoms with Crippen molar-refractivity contribution in [3.63, 3.8) is 0 Å². The Labute approximate surface area is 128 Å². The molecule has 0 fully saturated rings. The maximum atomic E-state index is 11.9. The van der Waals surface area contributed by atoms with Gasteiger partial charge in [-0.3, -0.25) is 9.59 Å². The predicted molar refractivity (Wildman–Crippen MR) is 83.4 cm³/mol. The zero-order chi connectivity index (χ0) is 15.4. The maximum absolute atomic E-state index is 11.9. The van der Waals surface area contributed by atoms with E-state index in [4.69, 9.17) is 10.5 Å². The second kappa shape index (κ2) is 6.85. The molecule has 0 radical (unpaired) electrons. The van der Waals surface area contributed by atoms with Crippen molar-refractivity contribution in [2.24, 2.45) is 5.73 Å². The van der Waals surface area contributed by atoms with Gasteiger partial charge in [-0.2, -0.15) is 0 Å². The number of aryl methyl sites for hydroxylation is 2. The van der Waals surface area contributed by atoms with E-state index >= 15 is 0 Å². The molecule has 114 valence electrons. The zero-order valence-corrected chi connectivity index (χ0v) is 13.1. The average molecular weight is 308 g/mol. The van der Waals surface area contributed by atoms with Crippen molar-refractivity contribution in [2.75, 3.05) is 18.1 Å². The molecule has 0 aromatic heterocycles. The van der Waals surface area contributed by atoms with Crippen molar-refractivity contribution >= 4 is 23.6 Å². The number of thioether (sulfide) groups is 1. The summed E-state index contributed by atoms with van der Waals surface area (Å²) in [6.07, 6.45) is 0.752. The van der Waals surface area contributed by atoms with Gasteiger partial charge < -0.3 is 15.8 Å². The van der Waals surface area contributed by atoms with E-state index in [1.54, 1.807) is 0 Å². The maximum Gasteiger partial charge on any atom is 0.230 e. The highest BCUT2D eigenvalue weighted by Crippen LogP contribution is 2.35. The van der Waals surface area contributed by atoms with Crippen LogP contribution in [0.4, 0.5) is 0 Å². The number of hydrogen-bond acceptors (Lipinski definition) is 4. The van der Waals surface area contributed by atoms with Gasteiger partial charge in [0.2, 0.25) is 11.8 Å². The summed E-state index contributed by atoms with van der Waals surface area (Å²) in [5.41, 5.74) is 8.33. The van der Waals surface area contributed by atoms with Gasteiger partial charge in [0.05, 0.1) is 24.2 Å². The van der Waals surface area contributed by atoms with Crippen molar-refractivity contribution in [3.05, 3.63) is 28.8 Å². The molecule has 2 rings (SSSR count). The fourth-order valence-electron chi connectivity index (χ4n) is 2.51. The van der Waals surface area contributed by atoms with Gasteiger partial charge in [0.1, 0.15) is 5.75 Å². The Morgan fingerprint density at radius 2 is 2.14 bits per heavy atom. The number of fused-ring (bicyclic) bond motifs is 1. The van der Waals surface area contributed by atoms with Crippen LogP contribution < -0.4 is 15.8 Å². The standard InChI is InChI=1S/C15H20N2O3S/c1-9-5-10(2)15-11(6-9)12(3-4-20-15)17-14(19)8-21-7-13(16)18/h5-6,12H,3-4,7-8H2,1-2H3,(H2,16,18)(H,17,19)/t12-/m1/s1. The lowest BCUT2D eigenvalue weighted by Crippen LogP contribution is -2.33. The molecule has 6 heteroatoms. The van der Waals surface area contributed by atoms with E-state index in [0.29, 0.717) is 6.61 Å². The third kappa shape index (κ3) is 4.14. The predicted octanol–water partition coefficient (Wildman–Crippen LogP) is 1.46. The summed E-state index contributed by atoms with van der Waals surface area (Å²) in [4.78, 5) is 22.6. The number of primary amides is 1. The van der Waals surface area contributed by atoms with Gasteiger partial charge >= 0.3 is 0 Å². The largest absolute Gasteiger partial charge is 0.493 e. The molecule has 1 aliphatic heterocycles. The monoisotopic (exact) mass is 308 g/mol. The number of ether oxygens (including phenoxy) is 1. The summed E-state index contributed by atoms with van der Waals surface area (Å²) < 4.78 is 5.72. The topological polar surface area (TPSA) is 81.4 Å². The fourth-order valence-corrected chi connectivity index (χ4v) is 3.08. The molecule has 0 unspecified atom stereocenters. The van der Waals surface area contributed by atoms with E-state index in [-0.39, 0.29) is 23.5 Å². The average Bonchev–Trinajstić information content (AvgIpc) is 2.39. The Morgan fingerprint density at radius 3 is 2.86 bits per heavy atom. The van der Waals surface area contributed by atoms with Crippen molar-refractivity contribution in [1.29, 1.82) is 0 Å². The normalized spacial score (nSPS) is 16.8. The lowest BCUT2D eigenvalue weighted by Gasteiger charge is -2.28. The van der Waals surface area contributed by atoms with E-state index in [2.05, 4.69) is 17.4 Å². The molecule has 0 bridgehead atoms. The van der Waals surface area contributed by atoms with Gasteiger partial charge in [0.15, 0.2) is 0 Å². The van der Waals surface area contributed by atoms with Crippen molar-refractivity contribution in [1.82, 2.24) is 5.32 Å². The van der Waals surface area contributed by atoms with Crippen LogP contribution >= 0.6 is 11.8 Å². The Bertz CT molecular complexity index is 560. The van der Waals surface area contributed by atoms with Crippen LogP contribution in [-0.2, 0) is 9.59 Å². The molecule has 1 aromatic rings. The van der Waals surface area contributed by atoms with Crippen LogP contribution in [0.2, 0.25) is 0 Å². The highest BCUT2D eigenvalue weighted by Gasteiger charge is 2.24. The molecule has 0 saturated carbocycles. The molecule has 2 amide bonds. The molecular formula is C15H20N2O3S. The van der Waals surface area contributed by atoms with Crippen molar-refractivity contribution < 1.29 is 14.3 Å². The van der Waals surface area contributed by atoms with Crippen LogP contribution in [0.25, 0.3) is 0 Å². The molecule has 1 aromatic carbocycles. The van der Waals surface area contributed by atoms with Gasteiger partial charge in [-0.15, -0.1) is 11.8 Å². The Morgan fingerprint density at radius 1 is 1.38 bits per heavy atom. The van der Waals surface area contributed by atoms with Gasteiger partial charge in [0.25, 0.3) is 0 Å². The summed E-state index contributed by atoms with van der Waals surface area (Å²) in [5.74, 6) is 0.784. The van der Waals surface area contributed by atoms with E-state index in [1.165, 1.54) is 11.8 Å². The first-order valence-electron chi connectivity index (χ1n) is 6.86. The number of rotatable bonds is 5. The van der Waals surface area contributed by atoms with Crippen LogP contribution in [0.1, 0.15) is 29.2 Å². The highest BCUT2D eigenvalue weighted by atomic mass is 32.2. The molecule has 1 aliphatic rings. The zero-order valence-electron chi connectivity index (χ0n) is 12.3. The summed E-state index contributed by atoms with van der Waals surface area (Å²) >= 11 is 1.23. The van der Waals surface area contributed by atoms with Crippen LogP contribution in [0.3, 0.4) is 0 Å². The minimum atomic E-state index is -0.407. The number of carbonyl (C=O) groups excluding carboxylic acids is 2. The minimum Gasteiger partial charge on any atom is -0.493 e. The molecule has 1 atom stereocenters. The number of amides is 2. The van der Waals surface area contributed by atoms with Crippen LogP contribution in [0.15, 0.2) is 12.1 Å². The first-order valence-corrected chi connectivity index (χ1v) is 8.02. The van der Waals surface area contributed by atoms with Gasteiger partial charge in [-0.1, -0.05) is 17.7 Å². The molecule has 3 N–H and O–H groups in total. The lowest BCUT2D eigenvalue weighted by atomic mass is 9.96. The summed E-state index contributed by atoms with van der Waals surface area (Å²) in [5, 5.41) is 3.01. The molecular weight excluding hydrogens is 288 g/mol. The third-order valence-corrected chi connectivity index (χ3v) is 4.24. The molecule has 0 saturated heterocycles. The Balaban J connectivity index is 2.03. The summed E-state index contributed by atoms with van der Waals surface area (Å²) in [6.45, 7) is 4.64. The van der Waals surface area contributed by atoms with E-state index in [0.717, 1.165) is 28.9 Å². The molecule has 1 heterocycles. The number of benzene rings is 1. The van der Waals surface area contributed by atoms with Crippen LogP contribution in [0.5, 0.6) is 5.75 Å². The number of hydrogen-bond donors (Lipinski definition) is 2. The first-order chi connectivity index (χ1) is 9.97. The second-order valence-electron chi connectivity index (χ2n) is 5.22. The molecule has 21 heavy (non-hydrogen) atoms. The van der Waals surface area contributed by atoms with E-state index < -0.39 is 5.91 Å². The van der Waals surface area contributed by atoms with Gasteiger partial charge in [-0.25, -0.2) is 0 Å². The molecule has 5 nitrogen and oxygen atoms in total. The van der Waals surface area contributed by atoms with E-state index in [1.807, 2.05) is 13.8 Å². The summed E-state index contributed by atoms with van der Waals surface area (Å²) in [7, 11) is 0. The van der Waals surface area contributed by atoms with Crippen LogP contribution in [0, 0.1) is 13.8 Å². The lowest BCUT2D eigenvalue weighted by molar-refractivity contribution is -0.119. The number of carbonyl (C=O) groups is 2. The summed E-state index contributed by atoms with van der Waals surface area (Å²) in [6, 6.07) is 4.10.